The summed E-state index contributed by atoms with van der Waals surface area (Å²) in [5, 5.41) is 12.5. The quantitative estimate of drug-likeness (QED) is 0.657. The number of aromatic nitrogens is 2. The molecule has 7 heteroatoms. The molecule has 1 fully saturated rings. The van der Waals surface area contributed by atoms with Crippen molar-refractivity contribution in [2.75, 3.05) is 31.5 Å². The molecular formula is C23H27N5OS. The molecule has 1 aliphatic rings. The summed E-state index contributed by atoms with van der Waals surface area (Å²) in [5.41, 5.74) is 4.68. The van der Waals surface area contributed by atoms with Crippen LogP contribution in [0.3, 0.4) is 0 Å². The second kappa shape index (κ2) is 9.47. The largest absolute Gasteiger partial charge is 0.320 e. The number of nitrogens with one attached hydrogen (secondary N) is 1. The average Bonchev–Trinajstić information content (AvgIpc) is 3.21. The minimum atomic E-state index is -0.203. The lowest BCUT2D eigenvalue weighted by Gasteiger charge is -2.34. The van der Waals surface area contributed by atoms with Crippen LogP contribution in [0, 0.1) is 13.8 Å². The molecule has 1 amide bonds. The van der Waals surface area contributed by atoms with Gasteiger partial charge in [0.15, 0.2) is 0 Å². The zero-order chi connectivity index (χ0) is 20.9. The van der Waals surface area contributed by atoms with E-state index in [1.807, 2.05) is 31.2 Å². The molecule has 6 nitrogen and oxygen atoms in total. The molecule has 0 atom stereocenters. The second-order valence-corrected chi connectivity index (χ2v) is 8.86. The van der Waals surface area contributed by atoms with Crippen molar-refractivity contribution in [3.63, 3.8) is 0 Å². The number of carbonyl (C=O) groups is 1. The van der Waals surface area contributed by atoms with E-state index < -0.39 is 0 Å². The number of hydrogen-bond acceptors (Lipinski definition) is 6. The van der Waals surface area contributed by atoms with Crippen LogP contribution < -0.4 is 5.32 Å². The van der Waals surface area contributed by atoms with E-state index in [2.05, 4.69) is 56.5 Å². The molecule has 0 spiro atoms. The zero-order valence-corrected chi connectivity index (χ0v) is 18.3. The Hall–Kier alpha value is -2.61. The van der Waals surface area contributed by atoms with Crippen LogP contribution in [-0.2, 0) is 13.1 Å². The smallest absolute Gasteiger partial charge is 0.286 e. The summed E-state index contributed by atoms with van der Waals surface area (Å²) in [6, 6.07) is 16.3. The number of rotatable bonds is 6. The monoisotopic (exact) mass is 421 g/mol. The van der Waals surface area contributed by atoms with E-state index in [1.54, 1.807) is 0 Å². The van der Waals surface area contributed by atoms with Crippen molar-refractivity contribution in [1.82, 2.24) is 20.0 Å². The van der Waals surface area contributed by atoms with Gasteiger partial charge in [-0.1, -0.05) is 53.3 Å². The Morgan fingerprint density at radius 2 is 1.60 bits per heavy atom. The Labute approximate surface area is 181 Å². The third kappa shape index (κ3) is 5.30. The molecule has 0 radical (unpaired) electrons. The lowest BCUT2D eigenvalue weighted by atomic mass is 10.1. The fraction of sp³-hybridized carbons (Fsp3) is 0.348. The van der Waals surface area contributed by atoms with Gasteiger partial charge in [0.05, 0.1) is 6.54 Å². The van der Waals surface area contributed by atoms with Gasteiger partial charge >= 0.3 is 0 Å². The predicted octanol–water partition coefficient (Wildman–Crippen LogP) is 3.73. The minimum Gasteiger partial charge on any atom is -0.320 e. The van der Waals surface area contributed by atoms with Gasteiger partial charge in [-0.25, -0.2) is 0 Å². The Balaban J connectivity index is 1.27. The fourth-order valence-corrected chi connectivity index (χ4v) is 4.33. The number of anilines is 1. The number of nitrogens with zero attached hydrogens (tertiary/aromatic N) is 4. The zero-order valence-electron chi connectivity index (χ0n) is 17.5. The van der Waals surface area contributed by atoms with E-state index in [0.29, 0.717) is 5.01 Å². The first-order valence-electron chi connectivity index (χ1n) is 10.3. The van der Waals surface area contributed by atoms with Crippen molar-refractivity contribution in [3.8, 4) is 0 Å². The van der Waals surface area contributed by atoms with Gasteiger partial charge in [0, 0.05) is 38.4 Å². The maximum absolute atomic E-state index is 12.4. The number of carbonyl (C=O) groups excluding carboxylic acids is 1. The Bertz CT molecular complexity index is 993. The van der Waals surface area contributed by atoms with Crippen LogP contribution in [0.2, 0.25) is 0 Å². The molecule has 1 aromatic heterocycles. The van der Waals surface area contributed by atoms with Crippen molar-refractivity contribution in [2.45, 2.75) is 26.9 Å². The van der Waals surface area contributed by atoms with Gasteiger partial charge in [0.25, 0.3) is 5.91 Å². The SMILES string of the molecule is Cc1ccc(NC(=O)c2nnc(CN3CCN(Cc4ccccc4C)CC3)s2)cc1. The third-order valence-corrected chi connectivity index (χ3v) is 6.36. The minimum absolute atomic E-state index is 0.203. The van der Waals surface area contributed by atoms with Gasteiger partial charge in [-0.2, -0.15) is 0 Å². The predicted molar refractivity (Wildman–Crippen MR) is 121 cm³/mol. The second-order valence-electron chi connectivity index (χ2n) is 7.80. The van der Waals surface area contributed by atoms with Crippen LogP contribution in [0.25, 0.3) is 0 Å². The summed E-state index contributed by atoms with van der Waals surface area (Å²) < 4.78 is 0. The Kier molecular flexibility index (Phi) is 6.52. The summed E-state index contributed by atoms with van der Waals surface area (Å²) >= 11 is 1.37. The first-order chi connectivity index (χ1) is 14.6. The molecule has 4 rings (SSSR count). The van der Waals surface area contributed by atoms with E-state index in [1.165, 1.54) is 22.5 Å². The molecule has 30 heavy (non-hydrogen) atoms. The topological polar surface area (TPSA) is 61.4 Å². The van der Waals surface area contributed by atoms with Crippen LogP contribution in [0.5, 0.6) is 0 Å². The van der Waals surface area contributed by atoms with Crippen LogP contribution >= 0.6 is 11.3 Å². The third-order valence-electron chi connectivity index (χ3n) is 5.45. The number of piperazine rings is 1. The Morgan fingerprint density at radius 3 is 2.30 bits per heavy atom. The summed E-state index contributed by atoms with van der Waals surface area (Å²) in [4.78, 5) is 17.3. The highest BCUT2D eigenvalue weighted by molar-refractivity contribution is 7.13. The van der Waals surface area contributed by atoms with Crippen molar-refractivity contribution >= 4 is 22.9 Å². The van der Waals surface area contributed by atoms with Gasteiger partial charge in [0.1, 0.15) is 5.01 Å². The van der Waals surface area contributed by atoms with E-state index in [9.17, 15) is 4.79 Å². The molecule has 2 heterocycles. The lowest BCUT2D eigenvalue weighted by molar-refractivity contribution is 0.102. The van der Waals surface area contributed by atoms with Crippen LogP contribution in [0.1, 0.15) is 31.5 Å². The highest BCUT2D eigenvalue weighted by Crippen LogP contribution is 2.17. The van der Waals surface area contributed by atoms with Gasteiger partial charge in [-0.15, -0.1) is 10.2 Å². The van der Waals surface area contributed by atoms with Gasteiger partial charge in [0.2, 0.25) is 5.01 Å². The molecule has 3 aromatic rings. The number of aryl methyl sites for hydroxylation is 2. The van der Waals surface area contributed by atoms with E-state index in [0.717, 1.165) is 55.5 Å². The fourth-order valence-electron chi connectivity index (χ4n) is 3.56. The van der Waals surface area contributed by atoms with E-state index in [-0.39, 0.29) is 5.91 Å². The van der Waals surface area contributed by atoms with E-state index >= 15 is 0 Å². The average molecular weight is 422 g/mol. The number of hydrogen-bond donors (Lipinski definition) is 1. The summed E-state index contributed by atoms with van der Waals surface area (Å²) in [7, 11) is 0. The van der Waals surface area contributed by atoms with Gasteiger partial charge in [-0.05, 0) is 37.1 Å². The molecular weight excluding hydrogens is 394 g/mol. The molecule has 0 bridgehead atoms. The molecule has 156 valence electrons. The normalized spacial score (nSPS) is 15.3. The maximum atomic E-state index is 12.4. The summed E-state index contributed by atoms with van der Waals surface area (Å²) in [6.45, 7) is 10.0. The maximum Gasteiger partial charge on any atom is 0.286 e. The summed E-state index contributed by atoms with van der Waals surface area (Å²) in [6.07, 6.45) is 0. The molecule has 1 aliphatic heterocycles. The molecule has 0 saturated carbocycles. The summed E-state index contributed by atoms with van der Waals surface area (Å²) in [5.74, 6) is -0.203. The molecule has 0 aliphatic carbocycles. The highest BCUT2D eigenvalue weighted by atomic mass is 32.1. The highest BCUT2D eigenvalue weighted by Gasteiger charge is 2.20. The molecule has 1 N–H and O–H groups in total. The first kappa shape index (κ1) is 20.7. The van der Waals surface area contributed by atoms with Gasteiger partial charge in [-0.3, -0.25) is 14.6 Å². The number of benzene rings is 2. The molecule has 1 saturated heterocycles. The first-order valence-corrected chi connectivity index (χ1v) is 11.1. The van der Waals surface area contributed by atoms with Crippen molar-refractivity contribution < 1.29 is 4.79 Å². The lowest BCUT2D eigenvalue weighted by Crippen LogP contribution is -2.45. The van der Waals surface area contributed by atoms with Crippen molar-refractivity contribution in [2.24, 2.45) is 0 Å². The van der Waals surface area contributed by atoms with Crippen LogP contribution in [-0.4, -0.2) is 52.1 Å². The van der Waals surface area contributed by atoms with Crippen molar-refractivity contribution in [3.05, 3.63) is 75.2 Å². The van der Waals surface area contributed by atoms with Crippen molar-refractivity contribution in [1.29, 1.82) is 0 Å². The van der Waals surface area contributed by atoms with E-state index in [4.69, 9.17) is 0 Å². The standard InChI is InChI=1S/C23H27N5OS/c1-17-7-9-20(10-8-17)24-22(29)23-26-25-21(30-23)16-28-13-11-27(12-14-28)15-19-6-4-3-5-18(19)2/h3-10H,11-16H2,1-2H3,(H,24,29). The Morgan fingerprint density at radius 1 is 0.933 bits per heavy atom. The molecule has 2 aromatic carbocycles. The van der Waals surface area contributed by atoms with Gasteiger partial charge < -0.3 is 5.32 Å². The number of amides is 1. The molecule has 0 unspecified atom stereocenters. The van der Waals surface area contributed by atoms with Crippen LogP contribution in [0.4, 0.5) is 5.69 Å². The van der Waals surface area contributed by atoms with Crippen LogP contribution in [0.15, 0.2) is 48.5 Å².